The van der Waals surface area contributed by atoms with Gasteiger partial charge in [0.25, 0.3) is 5.69 Å². The highest BCUT2D eigenvalue weighted by molar-refractivity contribution is 5.97. The Labute approximate surface area is 166 Å². The maximum atomic E-state index is 12.2. The number of non-ortho nitro benzene ring substituents is 1. The summed E-state index contributed by atoms with van der Waals surface area (Å²) in [4.78, 5) is 22.6. The highest BCUT2D eigenvalue weighted by atomic mass is 16.6. The number of carbonyl (C=O) groups excluding carboxylic acids is 1. The molecule has 29 heavy (non-hydrogen) atoms. The predicted octanol–water partition coefficient (Wildman–Crippen LogP) is 4.00. The molecule has 0 unspecified atom stereocenters. The summed E-state index contributed by atoms with van der Waals surface area (Å²) in [6.45, 7) is 1.41. The van der Waals surface area contributed by atoms with Crippen molar-refractivity contribution in [3.05, 3.63) is 81.9 Å². The number of hydrogen-bond donors (Lipinski definition) is 0. The van der Waals surface area contributed by atoms with Crippen LogP contribution in [-0.2, 0) is 9.53 Å². The van der Waals surface area contributed by atoms with Crippen LogP contribution < -0.4 is 4.74 Å². The number of nitro groups is 1. The minimum absolute atomic E-state index is 0.0338. The van der Waals surface area contributed by atoms with E-state index in [1.54, 1.807) is 19.2 Å². The third-order valence-electron chi connectivity index (χ3n) is 4.70. The van der Waals surface area contributed by atoms with Gasteiger partial charge in [-0.05, 0) is 29.7 Å². The summed E-state index contributed by atoms with van der Waals surface area (Å²) >= 11 is 0. The number of ether oxygens (including phenoxy) is 2. The van der Waals surface area contributed by atoms with Crippen LogP contribution in [0.15, 0.2) is 65.8 Å². The first kappa shape index (κ1) is 18.4. The van der Waals surface area contributed by atoms with Crippen LogP contribution in [0.4, 0.5) is 5.69 Å². The van der Waals surface area contributed by atoms with Crippen molar-refractivity contribution in [2.24, 2.45) is 5.10 Å². The molecule has 8 nitrogen and oxygen atoms in total. The fourth-order valence-corrected chi connectivity index (χ4v) is 3.30. The second-order valence-corrected chi connectivity index (χ2v) is 6.45. The molecule has 0 spiro atoms. The Balaban J connectivity index is 1.75. The molecular formula is C21H17N3O5. The van der Waals surface area contributed by atoms with Crippen LogP contribution in [0, 0.1) is 10.1 Å². The van der Waals surface area contributed by atoms with Crippen LogP contribution in [0.5, 0.6) is 5.75 Å². The fourth-order valence-electron chi connectivity index (χ4n) is 3.30. The zero-order valence-electron chi connectivity index (χ0n) is 15.7. The maximum absolute atomic E-state index is 12.2. The van der Waals surface area contributed by atoms with Gasteiger partial charge < -0.3 is 9.47 Å². The molecule has 0 saturated carbocycles. The number of benzene rings is 3. The maximum Gasteiger partial charge on any atom is 0.269 e. The van der Waals surface area contributed by atoms with Gasteiger partial charge in [0, 0.05) is 35.6 Å². The molecule has 0 aliphatic carbocycles. The number of carbonyl (C=O) groups is 1. The predicted molar refractivity (Wildman–Crippen MR) is 106 cm³/mol. The molecule has 3 aromatic rings. The third-order valence-corrected chi connectivity index (χ3v) is 4.70. The van der Waals surface area contributed by atoms with E-state index < -0.39 is 11.2 Å². The van der Waals surface area contributed by atoms with E-state index in [0.29, 0.717) is 11.3 Å². The van der Waals surface area contributed by atoms with Crippen molar-refractivity contribution >= 4 is 28.3 Å². The first-order valence-electron chi connectivity index (χ1n) is 8.85. The van der Waals surface area contributed by atoms with Gasteiger partial charge >= 0.3 is 0 Å². The lowest BCUT2D eigenvalue weighted by Crippen LogP contribution is -2.25. The van der Waals surface area contributed by atoms with Gasteiger partial charge in [-0.25, -0.2) is 0 Å². The molecule has 1 atom stereocenters. The first-order chi connectivity index (χ1) is 14.0. The van der Waals surface area contributed by atoms with Crippen LogP contribution in [0.25, 0.3) is 10.8 Å². The molecule has 0 fully saturated rings. The first-order valence-corrected chi connectivity index (χ1v) is 8.85. The topological polar surface area (TPSA) is 94.3 Å². The minimum atomic E-state index is -0.756. The van der Waals surface area contributed by atoms with Crippen molar-refractivity contribution in [1.29, 1.82) is 0 Å². The molecule has 8 heteroatoms. The monoisotopic (exact) mass is 391 g/mol. The molecule has 1 aliphatic heterocycles. The number of nitro benzene ring substituents is 1. The molecule has 0 bridgehead atoms. The van der Waals surface area contributed by atoms with Crippen molar-refractivity contribution in [2.45, 2.75) is 13.2 Å². The molecule has 1 amide bonds. The fraction of sp³-hybridized carbons (Fsp3) is 0.143. The van der Waals surface area contributed by atoms with E-state index in [9.17, 15) is 14.9 Å². The Morgan fingerprint density at radius 1 is 1.10 bits per heavy atom. The minimum Gasteiger partial charge on any atom is -0.496 e. The third kappa shape index (κ3) is 3.25. The van der Waals surface area contributed by atoms with E-state index in [-0.39, 0.29) is 17.5 Å². The number of nitrogens with zero attached hydrogens (tertiary/aromatic N) is 3. The zero-order valence-corrected chi connectivity index (χ0v) is 15.7. The van der Waals surface area contributed by atoms with Crippen molar-refractivity contribution in [3.8, 4) is 5.75 Å². The van der Waals surface area contributed by atoms with Gasteiger partial charge in [-0.3, -0.25) is 14.9 Å². The normalized spacial score (nSPS) is 15.7. The quantitative estimate of drug-likeness (QED) is 0.495. The van der Waals surface area contributed by atoms with Gasteiger partial charge in [-0.1, -0.05) is 24.3 Å². The van der Waals surface area contributed by atoms with E-state index in [4.69, 9.17) is 9.47 Å². The highest BCUT2D eigenvalue weighted by Crippen LogP contribution is 2.37. The van der Waals surface area contributed by atoms with E-state index in [1.807, 2.05) is 36.4 Å². The zero-order chi connectivity index (χ0) is 20.5. The van der Waals surface area contributed by atoms with Gasteiger partial charge in [0.2, 0.25) is 18.0 Å². The molecule has 0 saturated heterocycles. The van der Waals surface area contributed by atoms with Crippen molar-refractivity contribution < 1.29 is 19.2 Å². The SMILES string of the molecule is COc1ccc([C@@H]2OC(c3ccc([N+](=O)[O-])cc3)=NN2C(C)=O)c2ccccc12. The Hall–Kier alpha value is -3.94. The van der Waals surface area contributed by atoms with E-state index in [1.165, 1.54) is 24.1 Å². The number of rotatable bonds is 4. The summed E-state index contributed by atoms with van der Waals surface area (Å²) in [5.41, 5.74) is 1.27. The summed E-state index contributed by atoms with van der Waals surface area (Å²) in [6, 6.07) is 17.2. The molecule has 0 radical (unpaired) electrons. The average molecular weight is 391 g/mol. The Morgan fingerprint density at radius 2 is 1.79 bits per heavy atom. The molecule has 4 rings (SSSR count). The van der Waals surface area contributed by atoms with Gasteiger partial charge in [0.1, 0.15) is 5.75 Å². The second kappa shape index (κ2) is 7.23. The Kier molecular flexibility index (Phi) is 4.59. The lowest BCUT2D eigenvalue weighted by Gasteiger charge is -2.21. The Bertz CT molecular complexity index is 1140. The smallest absolute Gasteiger partial charge is 0.269 e. The molecule has 3 aromatic carbocycles. The van der Waals surface area contributed by atoms with Crippen LogP contribution >= 0.6 is 0 Å². The second-order valence-electron chi connectivity index (χ2n) is 6.45. The van der Waals surface area contributed by atoms with Crippen LogP contribution in [0.1, 0.15) is 24.3 Å². The number of fused-ring (bicyclic) bond motifs is 1. The summed E-state index contributed by atoms with van der Waals surface area (Å²) in [6.07, 6.45) is -0.756. The van der Waals surface area contributed by atoms with Gasteiger partial charge in [-0.2, -0.15) is 5.01 Å². The van der Waals surface area contributed by atoms with Crippen LogP contribution in [0.3, 0.4) is 0 Å². The molecule has 1 heterocycles. The number of methoxy groups -OCH3 is 1. The van der Waals surface area contributed by atoms with E-state index in [0.717, 1.165) is 16.3 Å². The summed E-state index contributed by atoms with van der Waals surface area (Å²) in [7, 11) is 1.60. The van der Waals surface area contributed by atoms with Gasteiger partial charge in [0.05, 0.1) is 12.0 Å². The average Bonchev–Trinajstić information content (AvgIpc) is 3.18. The van der Waals surface area contributed by atoms with Crippen LogP contribution in [-0.4, -0.2) is 28.8 Å². The Morgan fingerprint density at radius 3 is 2.41 bits per heavy atom. The number of amides is 1. The number of hydrogen-bond acceptors (Lipinski definition) is 6. The van der Waals surface area contributed by atoms with Gasteiger partial charge in [-0.15, -0.1) is 5.10 Å². The van der Waals surface area contributed by atoms with Crippen molar-refractivity contribution in [1.82, 2.24) is 5.01 Å². The lowest BCUT2D eigenvalue weighted by atomic mass is 10.0. The molecule has 0 N–H and O–H groups in total. The van der Waals surface area contributed by atoms with Crippen molar-refractivity contribution in [2.75, 3.05) is 7.11 Å². The van der Waals surface area contributed by atoms with E-state index in [2.05, 4.69) is 5.10 Å². The molecule has 146 valence electrons. The lowest BCUT2D eigenvalue weighted by molar-refractivity contribution is -0.384. The summed E-state index contributed by atoms with van der Waals surface area (Å²) in [5.74, 6) is 0.653. The van der Waals surface area contributed by atoms with Gasteiger partial charge in [0.15, 0.2) is 0 Å². The summed E-state index contributed by atoms with van der Waals surface area (Å²) in [5, 5.41) is 18.2. The largest absolute Gasteiger partial charge is 0.496 e. The standard InChI is InChI=1S/C21H17N3O5/c1-13(25)23-21(18-11-12-19(28-2)17-6-4-3-5-16(17)18)29-20(22-23)14-7-9-15(10-8-14)24(26)27/h3-12,21H,1-2H3/t21-/m0/s1. The van der Waals surface area contributed by atoms with Crippen molar-refractivity contribution in [3.63, 3.8) is 0 Å². The van der Waals surface area contributed by atoms with Crippen LogP contribution in [0.2, 0.25) is 0 Å². The number of hydrazone groups is 1. The molecule has 1 aliphatic rings. The van der Waals surface area contributed by atoms with E-state index >= 15 is 0 Å². The molecular weight excluding hydrogens is 374 g/mol. The summed E-state index contributed by atoms with van der Waals surface area (Å²) < 4.78 is 11.5. The highest BCUT2D eigenvalue weighted by Gasteiger charge is 2.34. The molecule has 0 aromatic heterocycles.